The zero-order valence-electron chi connectivity index (χ0n) is 59.0. The third kappa shape index (κ3) is 73.0. The Balaban J connectivity index is 3.33. The van der Waals surface area contributed by atoms with Crippen molar-refractivity contribution >= 4 is 11.9 Å². The standard InChI is InChI=1S/C81H155NO5/c1-3-5-7-9-11-13-15-17-19-21-38-43-47-51-55-59-63-67-71-75-81(86)87-76-72-68-64-60-56-52-48-44-40-37-35-33-31-29-27-25-23-24-26-28-30-32-34-36-39-42-46-50-54-58-62-66-70-74-80(85)82-78(77-83)79(84)73-69-65-61-57-53-49-45-41-22-20-18-16-14-12-10-8-6-4-2/h11,13,17,19,69,73,78-79,83-84H,3-10,12,14-16,18,20-68,70-72,74-77H2,1-2H3,(H,82,85)/b13-11-,19-17-,73-69+. The number of esters is 1. The number of hydrogen-bond donors (Lipinski definition) is 3. The SMILES string of the molecule is CCCCC/C=C\C/C=C\CCCCCCCCCCCC(=O)OCCCCCCCCCCCCCCCCCCCCCCCCCCCCCCCCCCCC(=O)NC(CO)C(O)/C=C/CCCCCCCCCCCCCCCCCC. The summed E-state index contributed by atoms with van der Waals surface area (Å²) in [6, 6.07) is -0.625. The van der Waals surface area contributed by atoms with Crippen LogP contribution in [0.15, 0.2) is 36.5 Å². The molecule has 87 heavy (non-hydrogen) atoms. The Hall–Kier alpha value is -1.92. The summed E-state index contributed by atoms with van der Waals surface area (Å²) in [5.41, 5.74) is 0. The van der Waals surface area contributed by atoms with E-state index in [-0.39, 0.29) is 18.5 Å². The molecule has 0 rings (SSSR count). The molecule has 2 atom stereocenters. The number of unbranched alkanes of at least 4 members (excludes halogenated alkanes) is 60. The Morgan fingerprint density at radius 1 is 0.322 bits per heavy atom. The van der Waals surface area contributed by atoms with E-state index in [4.69, 9.17) is 4.74 Å². The number of allylic oxidation sites excluding steroid dienone is 5. The number of carbonyl (C=O) groups excluding carboxylic acids is 2. The number of ether oxygens (including phenoxy) is 1. The molecule has 1 amide bonds. The van der Waals surface area contributed by atoms with Gasteiger partial charge >= 0.3 is 5.97 Å². The summed E-state index contributed by atoms with van der Waals surface area (Å²) in [5, 5.41) is 23.2. The summed E-state index contributed by atoms with van der Waals surface area (Å²) in [4.78, 5) is 24.7. The molecule has 0 heterocycles. The average molecular weight is 1220 g/mol. The summed E-state index contributed by atoms with van der Waals surface area (Å²) < 4.78 is 5.52. The number of carbonyl (C=O) groups is 2. The molecular formula is C81H155NO5. The predicted octanol–water partition coefficient (Wildman–Crippen LogP) is 26.2. The van der Waals surface area contributed by atoms with E-state index in [9.17, 15) is 19.8 Å². The molecule has 6 heteroatoms. The largest absolute Gasteiger partial charge is 0.466 e. The van der Waals surface area contributed by atoms with Gasteiger partial charge in [-0.05, 0) is 64.2 Å². The van der Waals surface area contributed by atoms with Crippen molar-refractivity contribution in [1.82, 2.24) is 5.32 Å². The smallest absolute Gasteiger partial charge is 0.305 e. The highest BCUT2D eigenvalue weighted by Gasteiger charge is 2.18. The first kappa shape index (κ1) is 85.1. The molecule has 0 aliphatic heterocycles. The van der Waals surface area contributed by atoms with Crippen LogP contribution in [0.4, 0.5) is 0 Å². The molecule has 0 aromatic carbocycles. The lowest BCUT2D eigenvalue weighted by molar-refractivity contribution is -0.143. The van der Waals surface area contributed by atoms with Gasteiger partial charge in [-0.2, -0.15) is 0 Å². The van der Waals surface area contributed by atoms with E-state index in [1.54, 1.807) is 6.08 Å². The number of hydrogen-bond acceptors (Lipinski definition) is 5. The minimum Gasteiger partial charge on any atom is -0.466 e. The minimum absolute atomic E-state index is 0.0184. The fraction of sp³-hybridized carbons (Fsp3) is 0.901. The van der Waals surface area contributed by atoms with Crippen molar-refractivity contribution in [3.8, 4) is 0 Å². The van der Waals surface area contributed by atoms with Crippen molar-refractivity contribution in [2.24, 2.45) is 0 Å². The lowest BCUT2D eigenvalue weighted by atomic mass is 10.0. The maximum absolute atomic E-state index is 12.5. The number of rotatable bonds is 75. The van der Waals surface area contributed by atoms with E-state index in [0.717, 1.165) is 51.4 Å². The number of aliphatic hydroxyl groups is 2. The maximum atomic E-state index is 12.5. The van der Waals surface area contributed by atoms with Crippen molar-refractivity contribution in [3.63, 3.8) is 0 Å². The third-order valence-corrected chi connectivity index (χ3v) is 18.7. The van der Waals surface area contributed by atoms with E-state index in [2.05, 4.69) is 43.5 Å². The van der Waals surface area contributed by atoms with Crippen molar-refractivity contribution in [2.45, 2.75) is 456 Å². The van der Waals surface area contributed by atoms with Gasteiger partial charge in [-0.1, -0.05) is 403 Å². The maximum Gasteiger partial charge on any atom is 0.305 e. The Kier molecular flexibility index (Phi) is 74.8. The van der Waals surface area contributed by atoms with E-state index < -0.39 is 12.1 Å². The van der Waals surface area contributed by atoms with Gasteiger partial charge < -0.3 is 20.3 Å². The van der Waals surface area contributed by atoms with Crippen LogP contribution in [-0.2, 0) is 14.3 Å². The summed E-state index contributed by atoms with van der Waals surface area (Å²) >= 11 is 0. The van der Waals surface area contributed by atoms with Crippen LogP contribution in [0.1, 0.15) is 444 Å². The predicted molar refractivity (Wildman–Crippen MR) is 384 cm³/mol. The van der Waals surface area contributed by atoms with Crippen LogP contribution in [0.25, 0.3) is 0 Å². The van der Waals surface area contributed by atoms with Gasteiger partial charge in [0.1, 0.15) is 0 Å². The van der Waals surface area contributed by atoms with Crippen LogP contribution in [0, 0.1) is 0 Å². The fourth-order valence-corrected chi connectivity index (χ4v) is 12.6. The Morgan fingerprint density at radius 2 is 0.575 bits per heavy atom. The van der Waals surface area contributed by atoms with Crippen LogP contribution in [-0.4, -0.2) is 47.4 Å². The first-order valence-corrected chi connectivity index (χ1v) is 39.8. The molecule has 0 saturated heterocycles. The second-order valence-electron chi connectivity index (χ2n) is 27.4. The molecule has 0 aromatic rings. The highest BCUT2D eigenvalue weighted by molar-refractivity contribution is 5.76. The van der Waals surface area contributed by atoms with Crippen LogP contribution in [0.5, 0.6) is 0 Å². The normalized spacial score (nSPS) is 12.6. The summed E-state index contributed by atoms with van der Waals surface area (Å²) in [5.74, 6) is -0.0409. The molecule has 0 spiro atoms. The molecule has 6 nitrogen and oxygen atoms in total. The molecular weight excluding hydrogens is 1070 g/mol. The van der Waals surface area contributed by atoms with Gasteiger partial charge in [0.25, 0.3) is 0 Å². The van der Waals surface area contributed by atoms with E-state index in [1.807, 2.05) is 6.08 Å². The van der Waals surface area contributed by atoms with Gasteiger partial charge in [0.05, 0.1) is 25.4 Å². The monoisotopic (exact) mass is 1220 g/mol. The van der Waals surface area contributed by atoms with Crippen LogP contribution in [0.2, 0.25) is 0 Å². The van der Waals surface area contributed by atoms with E-state index in [0.29, 0.717) is 19.4 Å². The van der Waals surface area contributed by atoms with Gasteiger partial charge in [0, 0.05) is 12.8 Å². The molecule has 0 fully saturated rings. The molecule has 2 unspecified atom stereocenters. The lowest BCUT2D eigenvalue weighted by Gasteiger charge is -2.20. The van der Waals surface area contributed by atoms with Crippen molar-refractivity contribution < 1.29 is 24.5 Å². The highest BCUT2D eigenvalue weighted by atomic mass is 16.5. The third-order valence-electron chi connectivity index (χ3n) is 18.7. The Bertz CT molecular complexity index is 1410. The minimum atomic E-state index is -0.842. The van der Waals surface area contributed by atoms with Gasteiger partial charge in [-0.3, -0.25) is 9.59 Å². The van der Waals surface area contributed by atoms with Gasteiger partial charge in [0.15, 0.2) is 0 Å². The topological polar surface area (TPSA) is 95.9 Å². The van der Waals surface area contributed by atoms with Gasteiger partial charge in [-0.15, -0.1) is 0 Å². The van der Waals surface area contributed by atoms with Gasteiger partial charge in [-0.25, -0.2) is 0 Å². The van der Waals surface area contributed by atoms with Crippen LogP contribution >= 0.6 is 0 Å². The zero-order valence-corrected chi connectivity index (χ0v) is 59.0. The van der Waals surface area contributed by atoms with E-state index >= 15 is 0 Å². The second kappa shape index (κ2) is 76.5. The van der Waals surface area contributed by atoms with Crippen LogP contribution < -0.4 is 5.32 Å². The number of aliphatic hydroxyl groups excluding tert-OH is 2. The quantitative estimate of drug-likeness (QED) is 0.0320. The molecule has 0 aliphatic rings. The molecule has 0 aliphatic carbocycles. The second-order valence-corrected chi connectivity index (χ2v) is 27.4. The lowest BCUT2D eigenvalue weighted by Crippen LogP contribution is -2.45. The van der Waals surface area contributed by atoms with Crippen molar-refractivity contribution in [1.29, 1.82) is 0 Å². The van der Waals surface area contributed by atoms with E-state index in [1.165, 1.54) is 366 Å². The van der Waals surface area contributed by atoms with Crippen molar-refractivity contribution in [2.75, 3.05) is 13.2 Å². The number of amides is 1. The molecule has 0 bridgehead atoms. The molecule has 0 aromatic heterocycles. The first-order valence-electron chi connectivity index (χ1n) is 39.8. The fourth-order valence-electron chi connectivity index (χ4n) is 12.6. The molecule has 0 radical (unpaired) electrons. The summed E-state index contributed by atoms with van der Waals surface area (Å²) in [6.45, 7) is 4.93. The summed E-state index contributed by atoms with van der Waals surface area (Å²) in [7, 11) is 0. The first-order chi connectivity index (χ1) is 43.0. The highest BCUT2D eigenvalue weighted by Crippen LogP contribution is 2.20. The summed E-state index contributed by atoms with van der Waals surface area (Å²) in [6.07, 6.45) is 99.8. The molecule has 0 saturated carbocycles. The van der Waals surface area contributed by atoms with Crippen molar-refractivity contribution in [3.05, 3.63) is 36.5 Å². The molecule has 3 N–H and O–H groups in total. The Morgan fingerprint density at radius 3 is 0.897 bits per heavy atom. The van der Waals surface area contributed by atoms with Crippen LogP contribution in [0.3, 0.4) is 0 Å². The zero-order chi connectivity index (χ0) is 62.8. The number of nitrogens with one attached hydrogen (secondary N) is 1. The van der Waals surface area contributed by atoms with Gasteiger partial charge in [0.2, 0.25) is 5.91 Å². The molecule has 514 valence electrons. The Labute approximate surface area is 544 Å². The average Bonchev–Trinajstić information content (AvgIpc) is 3.59.